The molecule has 0 unspecified atom stereocenters. The zero-order valence-corrected chi connectivity index (χ0v) is 9.13. The van der Waals surface area contributed by atoms with E-state index in [0.29, 0.717) is 6.54 Å². The summed E-state index contributed by atoms with van der Waals surface area (Å²) in [5.74, 6) is 0. The number of nitrogens with zero attached hydrogens (tertiary/aromatic N) is 1. The standard InChI is InChI=1S/C9H14N2O3S/c12-6-2-1-5-10-7-8-3-4-9(15-8)11(13)14/h3-4,10,12H,1-2,5-7H2. The van der Waals surface area contributed by atoms with Crippen molar-refractivity contribution in [3.8, 4) is 0 Å². The van der Waals surface area contributed by atoms with Crippen molar-refractivity contribution in [2.45, 2.75) is 19.4 Å². The highest BCUT2D eigenvalue weighted by atomic mass is 32.1. The molecule has 1 heterocycles. The van der Waals surface area contributed by atoms with Crippen molar-refractivity contribution in [3.63, 3.8) is 0 Å². The van der Waals surface area contributed by atoms with Gasteiger partial charge in [0.25, 0.3) is 0 Å². The molecule has 1 aromatic heterocycles. The number of nitro groups is 1. The van der Waals surface area contributed by atoms with Crippen LogP contribution in [0.25, 0.3) is 0 Å². The molecule has 0 bridgehead atoms. The van der Waals surface area contributed by atoms with Crippen molar-refractivity contribution in [3.05, 3.63) is 27.1 Å². The summed E-state index contributed by atoms with van der Waals surface area (Å²) in [5, 5.41) is 22.3. The number of thiophene rings is 1. The van der Waals surface area contributed by atoms with Crippen LogP contribution in [0.4, 0.5) is 5.00 Å². The largest absolute Gasteiger partial charge is 0.396 e. The molecule has 0 aliphatic rings. The van der Waals surface area contributed by atoms with Crippen LogP contribution in [0.5, 0.6) is 0 Å². The molecule has 0 aliphatic carbocycles. The molecule has 0 radical (unpaired) electrons. The highest BCUT2D eigenvalue weighted by Gasteiger charge is 2.08. The van der Waals surface area contributed by atoms with Crippen LogP contribution in [-0.4, -0.2) is 23.2 Å². The molecule has 0 fully saturated rings. The Balaban J connectivity index is 2.23. The van der Waals surface area contributed by atoms with Crippen LogP contribution < -0.4 is 5.32 Å². The zero-order chi connectivity index (χ0) is 11.1. The fourth-order valence-corrected chi connectivity index (χ4v) is 1.92. The van der Waals surface area contributed by atoms with Gasteiger partial charge in [-0.1, -0.05) is 11.3 Å². The first-order chi connectivity index (χ1) is 7.24. The van der Waals surface area contributed by atoms with Gasteiger partial charge in [-0.05, 0) is 25.5 Å². The predicted octanol–water partition coefficient (Wildman–Crippen LogP) is 1.52. The third-order valence-electron chi connectivity index (χ3n) is 1.89. The first kappa shape index (κ1) is 12.1. The molecule has 0 spiro atoms. The Morgan fingerprint density at radius 1 is 1.47 bits per heavy atom. The fraction of sp³-hybridized carbons (Fsp3) is 0.556. The van der Waals surface area contributed by atoms with Crippen LogP contribution in [0.15, 0.2) is 12.1 Å². The molecule has 1 rings (SSSR count). The Hall–Kier alpha value is -0.980. The van der Waals surface area contributed by atoms with Gasteiger partial charge < -0.3 is 10.4 Å². The third-order valence-corrected chi connectivity index (χ3v) is 2.93. The number of aliphatic hydroxyl groups excluding tert-OH is 1. The molecule has 0 saturated carbocycles. The molecule has 1 aromatic rings. The lowest BCUT2D eigenvalue weighted by molar-refractivity contribution is -0.380. The van der Waals surface area contributed by atoms with Gasteiger partial charge in [-0.25, -0.2) is 0 Å². The number of hydrogen-bond acceptors (Lipinski definition) is 5. The Kier molecular flexibility index (Phi) is 5.23. The van der Waals surface area contributed by atoms with E-state index in [1.807, 2.05) is 0 Å². The molecule has 0 amide bonds. The summed E-state index contributed by atoms with van der Waals surface area (Å²) in [6.45, 7) is 1.70. The predicted molar refractivity (Wildman–Crippen MR) is 59.0 cm³/mol. The molecule has 0 saturated heterocycles. The normalized spacial score (nSPS) is 10.5. The minimum Gasteiger partial charge on any atom is -0.396 e. The number of aliphatic hydroxyl groups is 1. The van der Waals surface area contributed by atoms with Crippen molar-refractivity contribution >= 4 is 16.3 Å². The molecular weight excluding hydrogens is 216 g/mol. The average Bonchev–Trinajstić information content (AvgIpc) is 2.66. The molecule has 84 valence electrons. The van der Waals surface area contributed by atoms with Gasteiger partial charge in [0.2, 0.25) is 0 Å². The zero-order valence-electron chi connectivity index (χ0n) is 8.31. The Morgan fingerprint density at radius 3 is 2.87 bits per heavy atom. The van der Waals surface area contributed by atoms with Crippen LogP contribution >= 0.6 is 11.3 Å². The van der Waals surface area contributed by atoms with Crippen molar-refractivity contribution in [2.75, 3.05) is 13.2 Å². The molecule has 6 heteroatoms. The quantitative estimate of drug-likeness (QED) is 0.423. The van der Waals surface area contributed by atoms with Gasteiger partial charge in [-0.2, -0.15) is 0 Å². The van der Waals surface area contributed by atoms with Gasteiger partial charge in [0.05, 0.1) is 4.92 Å². The molecule has 2 N–H and O–H groups in total. The van der Waals surface area contributed by atoms with Crippen molar-refractivity contribution in [1.29, 1.82) is 0 Å². The monoisotopic (exact) mass is 230 g/mol. The Labute approximate surface area is 91.9 Å². The van der Waals surface area contributed by atoms with E-state index < -0.39 is 0 Å². The second kappa shape index (κ2) is 6.49. The van der Waals surface area contributed by atoms with E-state index in [2.05, 4.69) is 5.32 Å². The summed E-state index contributed by atoms with van der Waals surface area (Å²) in [6.07, 6.45) is 1.71. The highest BCUT2D eigenvalue weighted by molar-refractivity contribution is 7.15. The summed E-state index contributed by atoms with van der Waals surface area (Å²) in [5.41, 5.74) is 0. The summed E-state index contributed by atoms with van der Waals surface area (Å²) in [6, 6.07) is 3.29. The lowest BCUT2D eigenvalue weighted by Crippen LogP contribution is -2.14. The van der Waals surface area contributed by atoms with E-state index >= 15 is 0 Å². The number of rotatable bonds is 7. The summed E-state index contributed by atoms with van der Waals surface area (Å²) >= 11 is 1.19. The third kappa shape index (κ3) is 4.37. The first-order valence-corrected chi connectivity index (χ1v) is 5.60. The molecular formula is C9H14N2O3S. The topological polar surface area (TPSA) is 75.4 Å². The van der Waals surface area contributed by atoms with Gasteiger partial charge >= 0.3 is 5.00 Å². The summed E-state index contributed by atoms with van der Waals surface area (Å²) in [7, 11) is 0. The molecule has 0 aliphatic heterocycles. The first-order valence-electron chi connectivity index (χ1n) is 4.78. The van der Waals surface area contributed by atoms with Gasteiger partial charge in [0.1, 0.15) is 0 Å². The van der Waals surface area contributed by atoms with Crippen LogP contribution in [-0.2, 0) is 6.54 Å². The Morgan fingerprint density at radius 2 is 2.27 bits per heavy atom. The van der Waals surface area contributed by atoms with Crippen LogP contribution in [0.2, 0.25) is 0 Å². The fourth-order valence-electron chi connectivity index (χ4n) is 1.13. The second-order valence-corrected chi connectivity index (χ2v) is 4.25. The molecule has 15 heavy (non-hydrogen) atoms. The number of nitrogens with one attached hydrogen (secondary N) is 1. The van der Waals surface area contributed by atoms with Crippen molar-refractivity contribution in [2.24, 2.45) is 0 Å². The van der Waals surface area contributed by atoms with E-state index in [9.17, 15) is 10.1 Å². The Bertz CT molecular complexity index is 314. The number of unbranched alkanes of at least 4 members (excludes halogenated alkanes) is 1. The molecule has 0 atom stereocenters. The summed E-state index contributed by atoms with van der Waals surface area (Å²) in [4.78, 5) is 11.0. The maximum atomic E-state index is 10.4. The van der Waals surface area contributed by atoms with E-state index in [4.69, 9.17) is 5.11 Å². The minimum atomic E-state index is -0.375. The average molecular weight is 230 g/mol. The van der Waals surface area contributed by atoms with Crippen LogP contribution in [0, 0.1) is 10.1 Å². The molecule has 5 nitrogen and oxygen atoms in total. The lowest BCUT2D eigenvalue weighted by Gasteiger charge is -2.00. The smallest absolute Gasteiger partial charge is 0.324 e. The van der Waals surface area contributed by atoms with E-state index in [1.165, 1.54) is 17.4 Å². The highest BCUT2D eigenvalue weighted by Crippen LogP contribution is 2.23. The van der Waals surface area contributed by atoms with E-state index in [1.54, 1.807) is 6.07 Å². The van der Waals surface area contributed by atoms with Gasteiger partial charge in [-0.3, -0.25) is 10.1 Å². The SMILES string of the molecule is O=[N+]([O-])c1ccc(CNCCCCO)s1. The summed E-state index contributed by atoms with van der Waals surface area (Å²) < 4.78 is 0. The van der Waals surface area contributed by atoms with E-state index in [0.717, 1.165) is 24.3 Å². The minimum absolute atomic E-state index is 0.183. The van der Waals surface area contributed by atoms with Crippen molar-refractivity contribution < 1.29 is 10.0 Å². The van der Waals surface area contributed by atoms with Gasteiger partial charge in [0.15, 0.2) is 0 Å². The maximum Gasteiger partial charge on any atom is 0.324 e. The van der Waals surface area contributed by atoms with Gasteiger partial charge in [-0.15, -0.1) is 0 Å². The van der Waals surface area contributed by atoms with E-state index in [-0.39, 0.29) is 16.5 Å². The lowest BCUT2D eigenvalue weighted by atomic mass is 10.3. The second-order valence-electron chi connectivity index (χ2n) is 3.10. The molecule has 0 aromatic carbocycles. The van der Waals surface area contributed by atoms with Crippen molar-refractivity contribution in [1.82, 2.24) is 5.32 Å². The van der Waals surface area contributed by atoms with Gasteiger partial charge in [0, 0.05) is 24.1 Å². The van der Waals surface area contributed by atoms with Crippen LogP contribution in [0.1, 0.15) is 17.7 Å². The van der Waals surface area contributed by atoms with Crippen LogP contribution in [0.3, 0.4) is 0 Å². The maximum absolute atomic E-state index is 10.4. The number of hydrogen-bond donors (Lipinski definition) is 2.